The summed E-state index contributed by atoms with van der Waals surface area (Å²) in [5.74, 6) is 0. The minimum absolute atomic E-state index is 0.592. The van der Waals surface area contributed by atoms with E-state index in [1.807, 2.05) is 0 Å². The lowest BCUT2D eigenvalue weighted by Crippen LogP contribution is -2.08. The lowest BCUT2D eigenvalue weighted by Gasteiger charge is -2.21. The molecule has 62 valence electrons. The molecule has 0 saturated carbocycles. The van der Waals surface area contributed by atoms with Crippen LogP contribution in [0.5, 0.6) is 0 Å². The Morgan fingerprint density at radius 3 is 2.00 bits per heavy atom. The van der Waals surface area contributed by atoms with Gasteiger partial charge in [0.25, 0.3) is 0 Å². The summed E-state index contributed by atoms with van der Waals surface area (Å²) >= 11 is 0. The maximum Gasteiger partial charge on any atom is -0.0357 e. The average molecular weight is 142 g/mol. The molecule has 0 rings (SSSR count). The van der Waals surface area contributed by atoms with Crippen LogP contribution < -0.4 is 0 Å². The summed E-state index contributed by atoms with van der Waals surface area (Å²) in [5, 5.41) is 0. The van der Waals surface area contributed by atoms with Crippen LogP contribution >= 0.6 is 0 Å². The van der Waals surface area contributed by atoms with Gasteiger partial charge in [-0.1, -0.05) is 53.4 Å². The van der Waals surface area contributed by atoms with Gasteiger partial charge in [-0.25, -0.2) is 0 Å². The molecule has 0 aromatic heterocycles. The molecule has 0 aliphatic carbocycles. The minimum Gasteiger partial charge on any atom is -0.0654 e. The van der Waals surface area contributed by atoms with Crippen LogP contribution in [0, 0.1) is 5.41 Å². The zero-order valence-electron chi connectivity index (χ0n) is 8.04. The van der Waals surface area contributed by atoms with Gasteiger partial charge in [0, 0.05) is 0 Å². The van der Waals surface area contributed by atoms with Crippen LogP contribution in [0.1, 0.15) is 59.8 Å². The van der Waals surface area contributed by atoms with Crippen LogP contribution in [0.4, 0.5) is 0 Å². The Morgan fingerprint density at radius 2 is 1.60 bits per heavy atom. The molecule has 0 radical (unpaired) electrons. The van der Waals surface area contributed by atoms with Gasteiger partial charge in [-0.15, -0.1) is 0 Å². The number of rotatable bonds is 5. The van der Waals surface area contributed by atoms with E-state index in [1.165, 1.54) is 32.1 Å². The Balaban J connectivity index is 3.28. The van der Waals surface area contributed by atoms with E-state index in [2.05, 4.69) is 27.7 Å². The summed E-state index contributed by atoms with van der Waals surface area (Å²) in [6, 6.07) is 0. The number of hydrogen-bond acceptors (Lipinski definition) is 0. The average Bonchev–Trinajstić information content (AvgIpc) is 1.89. The molecular weight excluding hydrogens is 120 g/mol. The highest BCUT2D eigenvalue weighted by molar-refractivity contribution is 4.65. The van der Waals surface area contributed by atoms with Gasteiger partial charge >= 0.3 is 0 Å². The summed E-state index contributed by atoms with van der Waals surface area (Å²) in [5.41, 5.74) is 0.592. The van der Waals surface area contributed by atoms with Crippen molar-refractivity contribution in [2.45, 2.75) is 59.8 Å². The minimum atomic E-state index is 0.592. The predicted molar refractivity (Wildman–Crippen MR) is 48.2 cm³/mol. The Hall–Kier alpha value is 0. The fourth-order valence-electron chi connectivity index (χ4n) is 1.03. The summed E-state index contributed by atoms with van der Waals surface area (Å²) in [6.07, 6.45) is 6.88. The molecule has 0 aromatic rings. The summed E-state index contributed by atoms with van der Waals surface area (Å²) in [6.45, 7) is 9.27. The highest BCUT2D eigenvalue weighted by Gasteiger charge is 2.13. The maximum absolute atomic E-state index is 2.36. The quantitative estimate of drug-likeness (QED) is 0.509. The molecule has 10 heavy (non-hydrogen) atoms. The first-order valence-electron chi connectivity index (χ1n) is 4.62. The van der Waals surface area contributed by atoms with Crippen LogP contribution in [-0.2, 0) is 0 Å². The molecule has 0 aliphatic heterocycles. The standard InChI is InChI=1S/C10H22/c1-5-7-8-9-10(3,4)6-2/h5-9H2,1-4H3. The van der Waals surface area contributed by atoms with E-state index in [9.17, 15) is 0 Å². The Kier molecular flexibility index (Phi) is 4.76. The van der Waals surface area contributed by atoms with E-state index >= 15 is 0 Å². The molecule has 0 fully saturated rings. The first-order valence-corrected chi connectivity index (χ1v) is 4.62. The smallest absolute Gasteiger partial charge is 0.0357 e. The molecule has 0 amide bonds. The zero-order chi connectivity index (χ0) is 8.04. The van der Waals surface area contributed by atoms with Crippen molar-refractivity contribution in [2.75, 3.05) is 0 Å². The topological polar surface area (TPSA) is 0 Å². The molecule has 0 atom stereocenters. The molecule has 0 bridgehead atoms. The van der Waals surface area contributed by atoms with Gasteiger partial charge in [-0.2, -0.15) is 0 Å². The molecule has 0 N–H and O–H groups in total. The van der Waals surface area contributed by atoms with Crippen molar-refractivity contribution in [3.63, 3.8) is 0 Å². The van der Waals surface area contributed by atoms with Gasteiger partial charge in [0.15, 0.2) is 0 Å². The number of hydrogen-bond donors (Lipinski definition) is 0. The molecule has 0 aromatic carbocycles. The van der Waals surface area contributed by atoms with E-state index in [1.54, 1.807) is 0 Å². The van der Waals surface area contributed by atoms with E-state index < -0.39 is 0 Å². The first-order chi connectivity index (χ1) is 4.62. The number of unbranched alkanes of at least 4 members (excludes halogenated alkanes) is 2. The molecule has 0 heterocycles. The van der Waals surface area contributed by atoms with E-state index in [0.717, 1.165) is 0 Å². The van der Waals surface area contributed by atoms with Crippen molar-refractivity contribution < 1.29 is 0 Å². The Labute approximate surface area is 66.0 Å². The molecule has 0 saturated heterocycles. The molecular formula is C10H22. The van der Waals surface area contributed by atoms with Crippen molar-refractivity contribution >= 4 is 0 Å². The fraction of sp³-hybridized carbons (Fsp3) is 1.00. The second kappa shape index (κ2) is 4.76. The third-order valence-corrected chi connectivity index (χ3v) is 2.41. The second-order valence-electron chi connectivity index (χ2n) is 3.97. The van der Waals surface area contributed by atoms with E-state index in [-0.39, 0.29) is 0 Å². The SMILES string of the molecule is CCCCCC(C)(C)CC. The largest absolute Gasteiger partial charge is 0.0654 e. The van der Waals surface area contributed by atoms with Gasteiger partial charge in [0.05, 0.1) is 0 Å². The molecule has 0 unspecified atom stereocenters. The van der Waals surface area contributed by atoms with Gasteiger partial charge in [0.1, 0.15) is 0 Å². The van der Waals surface area contributed by atoms with Crippen LogP contribution in [0.3, 0.4) is 0 Å². The van der Waals surface area contributed by atoms with Crippen molar-refractivity contribution in [1.29, 1.82) is 0 Å². The van der Waals surface area contributed by atoms with Crippen molar-refractivity contribution in [1.82, 2.24) is 0 Å². The van der Waals surface area contributed by atoms with E-state index in [4.69, 9.17) is 0 Å². The second-order valence-corrected chi connectivity index (χ2v) is 3.97. The molecule has 0 nitrogen and oxygen atoms in total. The maximum atomic E-state index is 2.36. The predicted octanol–water partition coefficient (Wildman–Crippen LogP) is 4.00. The van der Waals surface area contributed by atoms with Crippen molar-refractivity contribution in [2.24, 2.45) is 5.41 Å². The van der Waals surface area contributed by atoms with Gasteiger partial charge in [0.2, 0.25) is 0 Å². The lowest BCUT2D eigenvalue weighted by atomic mass is 9.84. The normalized spacial score (nSPS) is 12.0. The van der Waals surface area contributed by atoms with Crippen LogP contribution in [0.2, 0.25) is 0 Å². The van der Waals surface area contributed by atoms with Crippen LogP contribution in [0.15, 0.2) is 0 Å². The summed E-state index contributed by atoms with van der Waals surface area (Å²) in [7, 11) is 0. The third kappa shape index (κ3) is 4.84. The highest BCUT2D eigenvalue weighted by atomic mass is 14.2. The van der Waals surface area contributed by atoms with Crippen molar-refractivity contribution in [3.8, 4) is 0 Å². The van der Waals surface area contributed by atoms with Gasteiger partial charge < -0.3 is 0 Å². The summed E-state index contributed by atoms with van der Waals surface area (Å²) < 4.78 is 0. The van der Waals surface area contributed by atoms with Gasteiger partial charge in [-0.05, 0) is 11.8 Å². The molecule has 0 spiro atoms. The summed E-state index contributed by atoms with van der Waals surface area (Å²) in [4.78, 5) is 0. The van der Waals surface area contributed by atoms with Crippen LogP contribution in [-0.4, -0.2) is 0 Å². The molecule has 0 aliphatic rings. The van der Waals surface area contributed by atoms with E-state index in [0.29, 0.717) is 5.41 Å². The molecule has 0 heteroatoms. The first kappa shape index (κ1) is 10.0. The van der Waals surface area contributed by atoms with Gasteiger partial charge in [-0.3, -0.25) is 0 Å². The van der Waals surface area contributed by atoms with Crippen LogP contribution in [0.25, 0.3) is 0 Å². The Bertz CT molecular complexity index is 72.1. The highest BCUT2D eigenvalue weighted by Crippen LogP contribution is 2.26. The Morgan fingerprint density at radius 1 is 1.00 bits per heavy atom. The fourth-order valence-corrected chi connectivity index (χ4v) is 1.03. The lowest BCUT2D eigenvalue weighted by molar-refractivity contribution is 0.309. The van der Waals surface area contributed by atoms with Crippen molar-refractivity contribution in [3.05, 3.63) is 0 Å². The third-order valence-electron chi connectivity index (χ3n) is 2.41. The monoisotopic (exact) mass is 142 g/mol. The zero-order valence-corrected chi connectivity index (χ0v) is 8.04.